The minimum Gasteiger partial charge on any atom is -0.360 e. The Labute approximate surface area is 124 Å². The first kappa shape index (κ1) is 15.1. The average Bonchev–Trinajstić information content (AvgIpc) is 2.83. The Balaban J connectivity index is 2.02. The van der Waals surface area contributed by atoms with Gasteiger partial charge in [0.1, 0.15) is 5.76 Å². The molecule has 0 saturated heterocycles. The zero-order valence-electron chi connectivity index (χ0n) is 12.5. The molecule has 0 bridgehead atoms. The summed E-state index contributed by atoms with van der Waals surface area (Å²) in [6.07, 6.45) is 0. The van der Waals surface area contributed by atoms with Crippen molar-refractivity contribution in [3.05, 3.63) is 47.7 Å². The standard InChI is InChI=1S/C15H20N4O2/c1-11-9-14(18-21-11)17-15(20)16-13(10-19(2)3)12-7-5-4-6-8-12/h4-9,13H,10H2,1-3H3,(H2,16,17,18,20). The molecule has 0 aliphatic heterocycles. The van der Waals surface area contributed by atoms with Crippen LogP contribution < -0.4 is 10.6 Å². The molecule has 2 N–H and O–H groups in total. The van der Waals surface area contributed by atoms with Crippen LogP contribution in [-0.4, -0.2) is 36.7 Å². The number of anilines is 1. The van der Waals surface area contributed by atoms with Crippen molar-refractivity contribution in [2.45, 2.75) is 13.0 Å². The average molecular weight is 288 g/mol. The van der Waals surface area contributed by atoms with Gasteiger partial charge in [0, 0.05) is 12.6 Å². The summed E-state index contributed by atoms with van der Waals surface area (Å²) in [5.74, 6) is 1.06. The molecular weight excluding hydrogens is 268 g/mol. The predicted molar refractivity (Wildman–Crippen MR) is 81.1 cm³/mol. The van der Waals surface area contributed by atoms with Gasteiger partial charge >= 0.3 is 6.03 Å². The number of likely N-dealkylation sites (N-methyl/N-ethyl adjacent to an activating group) is 1. The second-order valence-corrected chi connectivity index (χ2v) is 5.15. The van der Waals surface area contributed by atoms with Crippen molar-refractivity contribution < 1.29 is 9.32 Å². The summed E-state index contributed by atoms with van der Waals surface area (Å²) >= 11 is 0. The molecule has 1 atom stereocenters. The molecule has 2 amide bonds. The maximum absolute atomic E-state index is 12.1. The quantitative estimate of drug-likeness (QED) is 0.886. The Hall–Kier alpha value is -2.34. The summed E-state index contributed by atoms with van der Waals surface area (Å²) in [4.78, 5) is 14.1. The first-order valence-electron chi connectivity index (χ1n) is 6.75. The van der Waals surface area contributed by atoms with Crippen molar-refractivity contribution in [3.63, 3.8) is 0 Å². The van der Waals surface area contributed by atoms with Crippen molar-refractivity contribution in [3.8, 4) is 0 Å². The fourth-order valence-electron chi connectivity index (χ4n) is 2.02. The van der Waals surface area contributed by atoms with E-state index in [-0.39, 0.29) is 12.1 Å². The zero-order valence-corrected chi connectivity index (χ0v) is 12.5. The van der Waals surface area contributed by atoms with Crippen molar-refractivity contribution in [1.82, 2.24) is 15.4 Å². The number of urea groups is 1. The number of aryl methyl sites for hydroxylation is 1. The van der Waals surface area contributed by atoms with Crippen LogP contribution in [0, 0.1) is 6.92 Å². The van der Waals surface area contributed by atoms with Crippen LogP contribution in [-0.2, 0) is 0 Å². The van der Waals surface area contributed by atoms with Gasteiger partial charge in [-0.3, -0.25) is 5.32 Å². The first-order valence-corrected chi connectivity index (χ1v) is 6.75. The Kier molecular flexibility index (Phi) is 4.94. The highest BCUT2D eigenvalue weighted by atomic mass is 16.5. The molecule has 1 heterocycles. The third kappa shape index (κ3) is 4.61. The fraction of sp³-hybridized carbons (Fsp3) is 0.333. The molecule has 0 aliphatic rings. The van der Waals surface area contributed by atoms with E-state index in [0.29, 0.717) is 18.1 Å². The van der Waals surface area contributed by atoms with Gasteiger partial charge in [0.15, 0.2) is 5.82 Å². The van der Waals surface area contributed by atoms with Crippen molar-refractivity contribution in [2.24, 2.45) is 0 Å². The fourth-order valence-corrected chi connectivity index (χ4v) is 2.02. The van der Waals surface area contributed by atoms with Gasteiger partial charge in [-0.1, -0.05) is 35.5 Å². The summed E-state index contributed by atoms with van der Waals surface area (Å²) in [6, 6.07) is 11.1. The lowest BCUT2D eigenvalue weighted by Gasteiger charge is -2.22. The van der Waals surface area contributed by atoms with Gasteiger partial charge < -0.3 is 14.7 Å². The summed E-state index contributed by atoms with van der Waals surface area (Å²) in [5, 5.41) is 9.35. The minimum absolute atomic E-state index is 0.103. The molecule has 0 aliphatic carbocycles. The van der Waals surface area contributed by atoms with Crippen molar-refractivity contribution >= 4 is 11.8 Å². The summed E-state index contributed by atoms with van der Waals surface area (Å²) in [7, 11) is 3.94. The van der Waals surface area contributed by atoms with E-state index in [1.807, 2.05) is 49.3 Å². The Morgan fingerprint density at radius 1 is 1.33 bits per heavy atom. The molecule has 1 aromatic heterocycles. The maximum Gasteiger partial charge on any atom is 0.321 e. The van der Waals surface area contributed by atoms with Gasteiger partial charge in [-0.05, 0) is 26.6 Å². The molecule has 112 valence electrons. The molecule has 1 aromatic carbocycles. The largest absolute Gasteiger partial charge is 0.360 e. The number of aromatic nitrogens is 1. The number of rotatable bonds is 5. The molecule has 6 nitrogen and oxygen atoms in total. The molecule has 2 aromatic rings. The zero-order chi connectivity index (χ0) is 15.2. The van der Waals surface area contributed by atoms with Gasteiger partial charge in [-0.2, -0.15) is 0 Å². The second kappa shape index (κ2) is 6.90. The number of hydrogen-bond donors (Lipinski definition) is 2. The van der Waals surface area contributed by atoms with Crippen molar-refractivity contribution in [2.75, 3.05) is 26.0 Å². The Morgan fingerprint density at radius 2 is 2.05 bits per heavy atom. The van der Waals surface area contributed by atoms with Crippen LogP contribution in [0.5, 0.6) is 0 Å². The number of hydrogen-bond acceptors (Lipinski definition) is 4. The van der Waals surface area contributed by atoms with E-state index in [1.165, 1.54) is 0 Å². The van der Waals surface area contributed by atoms with E-state index in [2.05, 4.69) is 15.8 Å². The number of carbonyl (C=O) groups is 1. The topological polar surface area (TPSA) is 70.4 Å². The Morgan fingerprint density at radius 3 is 2.62 bits per heavy atom. The summed E-state index contributed by atoms with van der Waals surface area (Å²) in [5.41, 5.74) is 1.05. The lowest BCUT2D eigenvalue weighted by atomic mass is 10.1. The van der Waals surface area contributed by atoms with Gasteiger partial charge in [-0.25, -0.2) is 4.79 Å². The van der Waals surface area contributed by atoms with Crippen LogP contribution in [0.15, 0.2) is 40.9 Å². The van der Waals surface area contributed by atoms with E-state index in [1.54, 1.807) is 13.0 Å². The van der Waals surface area contributed by atoms with Crippen LogP contribution in [0.3, 0.4) is 0 Å². The van der Waals surface area contributed by atoms with E-state index in [9.17, 15) is 4.79 Å². The van der Waals surface area contributed by atoms with E-state index in [0.717, 1.165) is 5.56 Å². The lowest BCUT2D eigenvalue weighted by molar-refractivity contribution is 0.244. The molecule has 21 heavy (non-hydrogen) atoms. The number of benzene rings is 1. The van der Waals surface area contributed by atoms with Crippen LogP contribution in [0.4, 0.5) is 10.6 Å². The third-order valence-electron chi connectivity index (χ3n) is 2.92. The van der Waals surface area contributed by atoms with Gasteiger partial charge in [0.2, 0.25) is 0 Å². The van der Waals surface area contributed by atoms with E-state index in [4.69, 9.17) is 4.52 Å². The van der Waals surface area contributed by atoms with Crippen LogP contribution in [0.25, 0.3) is 0 Å². The Bertz CT molecular complexity index is 580. The first-order chi connectivity index (χ1) is 10.0. The number of nitrogens with one attached hydrogen (secondary N) is 2. The predicted octanol–water partition coefficient (Wildman–Crippen LogP) is 2.41. The van der Waals surface area contributed by atoms with Gasteiger partial charge in [0.05, 0.1) is 6.04 Å². The number of amides is 2. The molecule has 0 radical (unpaired) electrons. The molecule has 0 saturated carbocycles. The second-order valence-electron chi connectivity index (χ2n) is 5.15. The van der Waals surface area contributed by atoms with Crippen LogP contribution in [0.2, 0.25) is 0 Å². The van der Waals surface area contributed by atoms with Crippen LogP contribution in [0.1, 0.15) is 17.4 Å². The monoisotopic (exact) mass is 288 g/mol. The number of nitrogens with zero attached hydrogens (tertiary/aromatic N) is 2. The summed E-state index contributed by atoms with van der Waals surface area (Å²) in [6.45, 7) is 2.48. The number of carbonyl (C=O) groups excluding carboxylic acids is 1. The highest BCUT2D eigenvalue weighted by Crippen LogP contribution is 2.14. The third-order valence-corrected chi connectivity index (χ3v) is 2.92. The lowest BCUT2D eigenvalue weighted by Crippen LogP contribution is -2.37. The van der Waals surface area contributed by atoms with E-state index >= 15 is 0 Å². The van der Waals surface area contributed by atoms with Crippen LogP contribution >= 0.6 is 0 Å². The molecule has 0 fully saturated rings. The van der Waals surface area contributed by atoms with Gasteiger partial charge in [-0.15, -0.1) is 0 Å². The molecule has 1 unspecified atom stereocenters. The highest BCUT2D eigenvalue weighted by molar-refractivity contribution is 5.88. The maximum atomic E-state index is 12.1. The SMILES string of the molecule is Cc1cc(NC(=O)NC(CN(C)C)c2ccccc2)no1. The van der Waals surface area contributed by atoms with E-state index < -0.39 is 0 Å². The highest BCUT2D eigenvalue weighted by Gasteiger charge is 2.16. The smallest absolute Gasteiger partial charge is 0.321 e. The molecular formula is C15H20N4O2. The molecule has 6 heteroatoms. The van der Waals surface area contributed by atoms with Gasteiger partial charge in [0.25, 0.3) is 0 Å². The normalized spacial score (nSPS) is 12.2. The molecule has 2 rings (SSSR count). The summed E-state index contributed by atoms with van der Waals surface area (Å²) < 4.78 is 4.92. The molecule has 0 spiro atoms. The van der Waals surface area contributed by atoms with Crippen molar-refractivity contribution in [1.29, 1.82) is 0 Å². The minimum atomic E-state index is -0.306.